The van der Waals surface area contributed by atoms with Crippen molar-refractivity contribution >= 4 is 50.8 Å². The van der Waals surface area contributed by atoms with E-state index in [4.69, 9.17) is 4.42 Å². The van der Waals surface area contributed by atoms with Gasteiger partial charge in [-0.1, -0.05) is 170 Å². The Morgan fingerprint density at radius 2 is 0.882 bits per heavy atom. The quantitative estimate of drug-likeness (QED) is 0.131. The topological polar surface area (TPSA) is 26.0 Å². The van der Waals surface area contributed by atoms with Crippen molar-refractivity contribution in [2.75, 3.05) is 0 Å². The number of pyridine rings is 1. The second-order valence-corrected chi connectivity index (χ2v) is 17.3. The monoisotopic (exact) mass is 667 g/mol. The molecule has 1 aliphatic rings. The zero-order chi connectivity index (χ0) is 33.8. The number of rotatable bonds is 6. The third-order valence-electron chi connectivity index (χ3n) is 11.0. The molecule has 0 radical (unpaired) electrons. The van der Waals surface area contributed by atoms with Gasteiger partial charge in [0.15, 0.2) is 8.07 Å². The average Bonchev–Trinajstić information content (AvgIpc) is 3.73. The molecule has 0 spiro atoms. The van der Waals surface area contributed by atoms with Gasteiger partial charge in [0, 0.05) is 23.2 Å². The van der Waals surface area contributed by atoms with Crippen LogP contribution in [0.25, 0.3) is 33.1 Å². The number of hydrogen-bond acceptors (Lipinski definition) is 2. The highest BCUT2D eigenvalue weighted by Crippen LogP contribution is 2.56. The lowest BCUT2D eigenvalue weighted by molar-refractivity contribution is 0.667. The standard InChI is InChI=1S/C48H33NOSi/c1-4-14-36(15-5-1)51(37-16-6-2-7-17-37,38-18-8-3-9-19-38)39-27-24-34(25-28-39)48(44-22-12-10-20-40(44)41-21-11-13-23-45(41)48)35-26-29-46-42(32-35)43-33-49-31-30-47(43)50-46/h1-33H. The Bertz CT molecular complexity index is 2540. The van der Waals surface area contributed by atoms with Crippen molar-refractivity contribution in [3.05, 3.63) is 223 Å². The van der Waals surface area contributed by atoms with Gasteiger partial charge in [-0.15, -0.1) is 0 Å². The Labute approximate surface area is 298 Å². The largest absolute Gasteiger partial charge is 0.456 e. The van der Waals surface area contributed by atoms with E-state index in [-0.39, 0.29) is 0 Å². The summed E-state index contributed by atoms with van der Waals surface area (Å²) >= 11 is 0. The molecule has 2 heterocycles. The van der Waals surface area contributed by atoms with E-state index in [0.717, 1.165) is 21.9 Å². The number of fused-ring (bicyclic) bond motifs is 6. The van der Waals surface area contributed by atoms with Crippen molar-refractivity contribution in [2.24, 2.45) is 0 Å². The molecule has 2 aromatic heterocycles. The molecule has 0 saturated heterocycles. The second-order valence-electron chi connectivity index (χ2n) is 13.5. The van der Waals surface area contributed by atoms with Crippen LogP contribution in [0.5, 0.6) is 0 Å². The lowest BCUT2D eigenvalue weighted by Gasteiger charge is -2.36. The second kappa shape index (κ2) is 11.7. The molecule has 0 aliphatic heterocycles. The Hall–Kier alpha value is -6.29. The molecule has 9 aromatic rings. The maximum atomic E-state index is 6.29. The zero-order valence-electron chi connectivity index (χ0n) is 27.9. The van der Waals surface area contributed by atoms with Crippen LogP contribution in [0.2, 0.25) is 0 Å². The van der Waals surface area contributed by atoms with E-state index in [1.807, 2.05) is 12.3 Å². The summed E-state index contributed by atoms with van der Waals surface area (Å²) in [5.41, 5.74) is 8.78. The lowest BCUT2D eigenvalue weighted by Crippen LogP contribution is -2.74. The lowest BCUT2D eigenvalue weighted by atomic mass is 9.67. The van der Waals surface area contributed by atoms with Gasteiger partial charge in [-0.25, -0.2) is 0 Å². The molecule has 3 heteroatoms. The Balaban J connectivity index is 1.27. The van der Waals surface area contributed by atoms with E-state index in [1.54, 1.807) is 6.20 Å². The summed E-state index contributed by atoms with van der Waals surface area (Å²) in [5.74, 6) is 0. The van der Waals surface area contributed by atoms with E-state index < -0.39 is 13.5 Å². The number of nitrogens with zero attached hydrogens (tertiary/aromatic N) is 1. The van der Waals surface area contributed by atoms with Crippen LogP contribution in [0.3, 0.4) is 0 Å². The van der Waals surface area contributed by atoms with Crippen molar-refractivity contribution in [3.8, 4) is 11.1 Å². The van der Waals surface area contributed by atoms with Gasteiger partial charge in [0.05, 0.1) is 5.41 Å². The van der Waals surface area contributed by atoms with Crippen LogP contribution in [0.4, 0.5) is 0 Å². The molecule has 0 N–H and O–H groups in total. The molecule has 240 valence electrons. The Morgan fingerprint density at radius 3 is 1.45 bits per heavy atom. The molecular formula is C48H33NOSi. The number of aromatic nitrogens is 1. The van der Waals surface area contributed by atoms with Gasteiger partial charge in [-0.05, 0) is 72.3 Å². The average molecular weight is 668 g/mol. The van der Waals surface area contributed by atoms with E-state index in [0.29, 0.717) is 0 Å². The molecule has 7 aromatic carbocycles. The first-order valence-corrected chi connectivity index (χ1v) is 19.5. The minimum Gasteiger partial charge on any atom is -0.456 e. The van der Waals surface area contributed by atoms with Crippen LogP contribution < -0.4 is 20.7 Å². The fraction of sp³-hybridized carbons (Fsp3) is 0.0208. The molecule has 0 saturated carbocycles. The normalized spacial score (nSPS) is 13.3. The number of furan rings is 1. The maximum Gasteiger partial charge on any atom is 0.179 e. The van der Waals surface area contributed by atoms with Crippen LogP contribution in [0, 0.1) is 0 Å². The summed E-state index contributed by atoms with van der Waals surface area (Å²) < 4.78 is 6.29. The Kier molecular flexibility index (Phi) is 6.77. The van der Waals surface area contributed by atoms with Gasteiger partial charge < -0.3 is 4.42 Å². The van der Waals surface area contributed by atoms with E-state index in [9.17, 15) is 0 Å². The van der Waals surface area contributed by atoms with E-state index >= 15 is 0 Å². The van der Waals surface area contributed by atoms with Crippen LogP contribution >= 0.6 is 0 Å². The van der Waals surface area contributed by atoms with Crippen molar-refractivity contribution < 1.29 is 4.42 Å². The number of benzene rings is 7. The molecule has 0 amide bonds. The van der Waals surface area contributed by atoms with Gasteiger partial charge in [-0.2, -0.15) is 0 Å². The van der Waals surface area contributed by atoms with E-state index in [1.165, 1.54) is 54.1 Å². The first-order chi connectivity index (χ1) is 25.3. The summed E-state index contributed by atoms with van der Waals surface area (Å²) in [6.45, 7) is 0. The summed E-state index contributed by atoms with van der Waals surface area (Å²) in [4.78, 5) is 4.46. The summed E-state index contributed by atoms with van der Waals surface area (Å²) in [6.07, 6.45) is 3.71. The smallest absolute Gasteiger partial charge is 0.179 e. The van der Waals surface area contributed by atoms with Crippen molar-refractivity contribution in [1.82, 2.24) is 4.98 Å². The minimum absolute atomic E-state index is 0.540. The minimum atomic E-state index is -2.69. The molecule has 0 bridgehead atoms. The maximum absolute atomic E-state index is 6.29. The summed E-state index contributed by atoms with van der Waals surface area (Å²) in [6, 6.07) is 69.7. The summed E-state index contributed by atoms with van der Waals surface area (Å²) in [7, 11) is -2.69. The molecule has 0 atom stereocenters. The number of hydrogen-bond donors (Lipinski definition) is 0. The first kappa shape index (κ1) is 29.6. The van der Waals surface area contributed by atoms with Gasteiger partial charge in [0.2, 0.25) is 0 Å². The van der Waals surface area contributed by atoms with Crippen LogP contribution in [-0.4, -0.2) is 13.1 Å². The molecule has 0 fully saturated rings. The zero-order valence-corrected chi connectivity index (χ0v) is 28.9. The van der Waals surface area contributed by atoms with Crippen molar-refractivity contribution in [2.45, 2.75) is 5.41 Å². The van der Waals surface area contributed by atoms with Gasteiger partial charge >= 0.3 is 0 Å². The van der Waals surface area contributed by atoms with Crippen LogP contribution in [-0.2, 0) is 5.41 Å². The van der Waals surface area contributed by atoms with Gasteiger partial charge in [-0.3, -0.25) is 4.98 Å². The third-order valence-corrected chi connectivity index (χ3v) is 15.8. The molecule has 1 aliphatic carbocycles. The predicted octanol–water partition coefficient (Wildman–Crippen LogP) is 8.72. The fourth-order valence-corrected chi connectivity index (χ4v) is 13.7. The highest BCUT2D eigenvalue weighted by Gasteiger charge is 2.47. The Morgan fingerprint density at radius 1 is 0.412 bits per heavy atom. The van der Waals surface area contributed by atoms with Gasteiger partial charge in [0.1, 0.15) is 11.2 Å². The van der Waals surface area contributed by atoms with Crippen LogP contribution in [0.1, 0.15) is 22.3 Å². The summed E-state index contributed by atoms with van der Waals surface area (Å²) in [5, 5.41) is 7.57. The molecule has 51 heavy (non-hydrogen) atoms. The SMILES string of the molecule is c1ccc([Si](c2ccccc2)(c2ccccc2)c2ccc(C3(c4ccc5oc6ccncc6c5c4)c4ccccc4-c4ccccc43)cc2)cc1. The highest BCUT2D eigenvalue weighted by atomic mass is 28.3. The predicted molar refractivity (Wildman–Crippen MR) is 212 cm³/mol. The highest BCUT2D eigenvalue weighted by molar-refractivity contribution is 7.19. The molecule has 2 nitrogen and oxygen atoms in total. The van der Waals surface area contributed by atoms with Crippen LogP contribution in [0.15, 0.2) is 205 Å². The van der Waals surface area contributed by atoms with Crippen molar-refractivity contribution in [3.63, 3.8) is 0 Å². The molecule has 10 rings (SSSR count). The third kappa shape index (κ3) is 4.25. The fourth-order valence-electron chi connectivity index (χ4n) is 8.91. The first-order valence-electron chi connectivity index (χ1n) is 17.5. The van der Waals surface area contributed by atoms with Crippen molar-refractivity contribution in [1.29, 1.82) is 0 Å². The van der Waals surface area contributed by atoms with Gasteiger partial charge in [0.25, 0.3) is 0 Å². The molecule has 0 unspecified atom stereocenters. The molecular weight excluding hydrogens is 635 g/mol. The van der Waals surface area contributed by atoms with E-state index in [2.05, 4.69) is 187 Å².